The van der Waals surface area contributed by atoms with Crippen molar-refractivity contribution in [2.45, 2.75) is 72.3 Å². The van der Waals surface area contributed by atoms with Gasteiger partial charge in [-0.2, -0.15) is 0 Å². The average molecular weight is 393 g/mol. The van der Waals surface area contributed by atoms with Crippen LogP contribution in [0.4, 0.5) is 0 Å². The molecule has 5 nitrogen and oxygen atoms in total. The molecule has 0 heterocycles. The predicted octanol–water partition coefficient (Wildman–Crippen LogP) is 5.56. The number of carbonyl (C=O) groups is 1. The standard InChI is InChI=1S/C23H36O5/c1-21(2,3)15-22(4,5)16-8-10-23(11-9-16,20(24)25)28-19-13-17(26-6)12-18(14-19)27-7/h12-14,16H,8-11,15H2,1-7H3,(H,24,25). The summed E-state index contributed by atoms with van der Waals surface area (Å²) in [5.41, 5.74) is -0.785. The van der Waals surface area contributed by atoms with E-state index in [1.165, 1.54) is 0 Å². The summed E-state index contributed by atoms with van der Waals surface area (Å²) in [5.74, 6) is 1.21. The van der Waals surface area contributed by atoms with Crippen molar-refractivity contribution in [1.29, 1.82) is 0 Å². The lowest BCUT2D eigenvalue weighted by Crippen LogP contribution is -2.49. The molecule has 0 unspecified atom stereocenters. The Balaban J connectivity index is 2.18. The third-order valence-corrected chi connectivity index (χ3v) is 5.91. The van der Waals surface area contributed by atoms with Crippen molar-refractivity contribution in [2.75, 3.05) is 14.2 Å². The molecule has 1 aromatic rings. The van der Waals surface area contributed by atoms with Gasteiger partial charge in [-0.15, -0.1) is 0 Å². The smallest absolute Gasteiger partial charge is 0.348 e. The second-order valence-corrected chi connectivity index (χ2v) is 9.95. The van der Waals surface area contributed by atoms with Crippen molar-refractivity contribution in [3.63, 3.8) is 0 Å². The Kier molecular flexibility index (Phi) is 6.57. The van der Waals surface area contributed by atoms with Gasteiger partial charge in [-0.25, -0.2) is 4.79 Å². The molecule has 0 radical (unpaired) electrons. The van der Waals surface area contributed by atoms with E-state index in [1.807, 2.05) is 0 Å². The third-order valence-electron chi connectivity index (χ3n) is 5.91. The second-order valence-electron chi connectivity index (χ2n) is 9.95. The molecule has 5 heteroatoms. The highest BCUT2D eigenvalue weighted by molar-refractivity contribution is 5.78. The number of carboxylic acids is 1. The minimum absolute atomic E-state index is 0.169. The molecule has 1 saturated carbocycles. The monoisotopic (exact) mass is 392 g/mol. The van der Waals surface area contributed by atoms with Gasteiger partial charge in [-0.3, -0.25) is 0 Å². The number of carboxylic acid groups (broad SMARTS) is 1. The van der Waals surface area contributed by atoms with Crippen LogP contribution in [0.2, 0.25) is 0 Å². The molecule has 1 fully saturated rings. The van der Waals surface area contributed by atoms with E-state index in [9.17, 15) is 9.90 Å². The maximum absolute atomic E-state index is 12.2. The lowest BCUT2D eigenvalue weighted by molar-refractivity contribution is -0.160. The zero-order chi connectivity index (χ0) is 21.2. The quantitative estimate of drug-likeness (QED) is 0.658. The first kappa shape index (κ1) is 22.4. The lowest BCUT2D eigenvalue weighted by Gasteiger charge is -2.45. The minimum atomic E-state index is -1.20. The van der Waals surface area contributed by atoms with E-state index < -0.39 is 11.6 Å². The van der Waals surface area contributed by atoms with Crippen LogP contribution >= 0.6 is 0 Å². The van der Waals surface area contributed by atoms with E-state index in [0.717, 1.165) is 19.3 Å². The van der Waals surface area contributed by atoms with Crippen LogP contribution in [0.15, 0.2) is 18.2 Å². The summed E-state index contributed by atoms with van der Waals surface area (Å²) < 4.78 is 16.7. The summed E-state index contributed by atoms with van der Waals surface area (Å²) >= 11 is 0. The largest absolute Gasteiger partial charge is 0.496 e. The Labute approximate surface area is 169 Å². The highest BCUT2D eigenvalue weighted by Crippen LogP contribution is 2.48. The Bertz CT molecular complexity index is 656. The normalized spacial score (nSPS) is 23.2. The van der Waals surface area contributed by atoms with E-state index in [4.69, 9.17) is 14.2 Å². The summed E-state index contributed by atoms with van der Waals surface area (Å²) in [7, 11) is 3.13. The zero-order valence-corrected chi connectivity index (χ0v) is 18.4. The van der Waals surface area contributed by atoms with Gasteiger partial charge >= 0.3 is 5.97 Å². The van der Waals surface area contributed by atoms with Crippen molar-refractivity contribution in [3.8, 4) is 17.2 Å². The van der Waals surface area contributed by atoms with Crippen molar-refractivity contribution < 1.29 is 24.1 Å². The second kappa shape index (κ2) is 8.22. The lowest BCUT2D eigenvalue weighted by atomic mass is 9.62. The van der Waals surface area contributed by atoms with Crippen LogP contribution in [0.5, 0.6) is 17.2 Å². The first-order valence-electron chi connectivity index (χ1n) is 10.1. The maximum Gasteiger partial charge on any atom is 0.348 e. The fourth-order valence-corrected chi connectivity index (χ4v) is 4.80. The molecule has 158 valence electrons. The van der Waals surface area contributed by atoms with Crippen LogP contribution in [0.1, 0.15) is 66.7 Å². The molecule has 28 heavy (non-hydrogen) atoms. The fraction of sp³-hybridized carbons (Fsp3) is 0.696. The van der Waals surface area contributed by atoms with Gasteiger partial charge in [0, 0.05) is 18.2 Å². The Morgan fingerprint density at radius 2 is 1.46 bits per heavy atom. The fourth-order valence-electron chi connectivity index (χ4n) is 4.80. The molecule has 0 aromatic heterocycles. The molecular weight excluding hydrogens is 356 g/mol. The van der Waals surface area contributed by atoms with Gasteiger partial charge in [-0.1, -0.05) is 34.6 Å². The van der Waals surface area contributed by atoms with Crippen LogP contribution in [-0.2, 0) is 4.79 Å². The molecule has 2 rings (SSSR count). The molecule has 0 saturated heterocycles. The Morgan fingerprint density at radius 3 is 1.86 bits per heavy atom. The van der Waals surface area contributed by atoms with Gasteiger partial charge in [0.25, 0.3) is 0 Å². The molecule has 0 aliphatic heterocycles. The van der Waals surface area contributed by atoms with Crippen LogP contribution in [-0.4, -0.2) is 30.9 Å². The van der Waals surface area contributed by atoms with E-state index in [2.05, 4.69) is 34.6 Å². The average Bonchev–Trinajstić information content (AvgIpc) is 2.59. The van der Waals surface area contributed by atoms with Crippen LogP contribution in [0.25, 0.3) is 0 Å². The molecule has 1 aliphatic rings. The summed E-state index contributed by atoms with van der Waals surface area (Å²) in [6, 6.07) is 5.16. The Morgan fingerprint density at radius 1 is 1.00 bits per heavy atom. The third kappa shape index (κ3) is 5.33. The number of hydrogen-bond donors (Lipinski definition) is 1. The first-order chi connectivity index (χ1) is 12.9. The maximum atomic E-state index is 12.2. The van der Waals surface area contributed by atoms with E-state index >= 15 is 0 Å². The highest BCUT2D eigenvalue weighted by atomic mass is 16.5. The highest BCUT2D eigenvalue weighted by Gasteiger charge is 2.47. The van der Waals surface area contributed by atoms with Gasteiger partial charge in [0.1, 0.15) is 17.2 Å². The molecule has 1 aliphatic carbocycles. The SMILES string of the molecule is COc1cc(OC)cc(OC2(C(=O)O)CCC(C(C)(C)CC(C)(C)C)CC2)c1. The van der Waals surface area contributed by atoms with Crippen molar-refractivity contribution >= 4 is 5.97 Å². The summed E-state index contributed by atoms with van der Waals surface area (Å²) in [6.45, 7) is 11.4. The molecular formula is C23H36O5. The zero-order valence-electron chi connectivity index (χ0n) is 18.4. The summed E-state index contributed by atoms with van der Waals surface area (Å²) in [4.78, 5) is 12.2. The number of aliphatic carboxylic acids is 1. The van der Waals surface area contributed by atoms with Crippen molar-refractivity contribution in [1.82, 2.24) is 0 Å². The molecule has 0 bridgehead atoms. The van der Waals surface area contributed by atoms with Crippen LogP contribution < -0.4 is 14.2 Å². The summed E-state index contributed by atoms with van der Waals surface area (Å²) in [6.07, 6.45) is 3.80. The number of ether oxygens (including phenoxy) is 3. The number of hydrogen-bond acceptors (Lipinski definition) is 4. The number of benzene rings is 1. The molecule has 0 atom stereocenters. The van der Waals surface area contributed by atoms with Gasteiger partial charge in [0.15, 0.2) is 0 Å². The van der Waals surface area contributed by atoms with Crippen LogP contribution in [0, 0.1) is 16.7 Å². The first-order valence-corrected chi connectivity index (χ1v) is 10.1. The van der Waals surface area contributed by atoms with Gasteiger partial charge in [0.05, 0.1) is 14.2 Å². The topological polar surface area (TPSA) is 65.0 Å². The number of methoxy groups -OCH3 is 2. The van der Waals surface area contributed by atoms with Gasteiger partial charge < -0.3 is 19.3 Å². The van der Waals surface area contributed by atoms with Crippen molar-refractivity contribution in [3.05, 3.63) is 18.2 Å². The van der Waals surface area contributed by atoms with Gasteiger partial charge in [-0.05, 0) is 48.9 Å². The molecule has 1 N–H and O–H groups in total. The molecule has 0 amide bonds. The van der Waals surface area contributed by atoms with E-state index in [-0.39, 0.29) is 10.8 Å². The number of rotatable bonds is 7. The predicted molar refractivity (Wildman–Crippen MR) is 110 cm³/mol. The minimum Gasteiger partial charge on any atom is -0.496 e. The summed E-state index contributed by atoms with van der Waals surface area (Å²) in [5, 5.41) is 9.99. The van der Waals surface area contributed by atoms with Crippen LogP contribution in [0.3, 0.4) is 0 Å². The molecule has 0 spiro atoms. The molecule has 1 aromatic carbocycles. The van der Waals surface area contributed by atoms with Crippen molar-refractivity contribution in [2.24, 2.45) is 16.7 Å². The Hall–Kier alpha value is -1.91. The van der Waals surface area contributed by atoms with E-state index in [0.29, 0.717) is 36.0 Å². The van der Waals surface area contributed by atoms with Gasteiger partial charge in [0.2, 0.25) is 5.60 Å². The van der Waals surface area contributed by atoms with E-state index in [1.54, 1.807) is 32.4 Å².